The first-order chi connectivity index (χ1) is 12.8. The van der Waals surface area contributed by atoms with Crippen LogP contribution in [-0.2, 0) is 11.3 Å². The second-order valence-electron chi connectivity index (χ2n) is 5.89. The largest absolute Gasteiger partial charge is 0.350 e. The van der Waals surface area contributed by atoms with Crippen LogP contribution in [0.1, 0.15) is 18.5 Å². The smallest absolute Gasteiger partial charge is 0.348 e. The van der Waals surface area contributed by atoms with Gasteiger partial charge in [-0.05, 0) is 48.9 Å². The van der Waals surface area contributed by atoms with Crippen molar-refractivity contribution < 1.29 is 13.6 Å². The van der Waals surface area contributed by atoms with Gasteiger partial charge in [0, 0.05) is 0 Å². The van der Waals surface area contributed by atoms with Crippen molar-refractivity contribution in [1.29, 1.82) is 0 Å². The van der Waals surface area contributed by atoms with Crippen LogP contribution in [0, 0.1) is 11.6 Å². The zero-order valence-corrected chi connectivity index (χ0v) is 15.0. The van der Waals surface area contributed by atoms with Crippen LogP contribution in [-0.4, -0.2) is 20.3 Å². The van der Waals surface area contributed by atoms with Crippen LogP contribution in [0.3, 0.4) is 0 Å². The lowest BCUT2D eigenvalue weighted by Gasteiger charge is -2.14. The van der Waals surface area contributed by atoms with E-state index in [4.69, 9.17) is 11.6 Å². The van der Waals surface area contributed by atoms with Crippen LogP contribution in [0.25, 0.3) is 5.69 Å². The van der Waals surface area contributed by atoms with Gasteiger partial charge < -0.3 is 5.32 Å². The lowest BCUT2D eigenvalue weighted by molar-refractivity contribution is -0.122. The highest BCUT2D eigenvalue weighted by Crippen LogP contribution is 2.20. The monoisotopic (exact) mass is 392 g/mol. The number of carbonyl (C=O) groups is 1. The molecule has 1 heterocycles. The Morgan fingerprint density at radius 2 is 1.93 bits per heavy atom. The van der Waals surface area contributed by atoms with Gasteiger partial charge in [0.15, 0.2) is 0 Å². The van der Waals surface area contributed by atoms with E-state index in [1.807, 2.05) is 0 Å². The van der Waals surface area contributed by atoms with Gasteiger partial charge in [-0.15, -0.1) is 0 Å². The van der Waals surface area contributed by atoms with Crippen molar-refractivity contribution in [2.24, 2.45) is 0 Å². The highest BCUT2D eigenvalue weighted by Gasteiger charge is 2.14. The Bertz CT molecular complexity index is 1030. The van der Waals surface area contributed by atoms with Crippen LogP contribution in [0.5, 0.6) is 0 Å². The molecule has 0 fully saturated rings. The topological polar surface area (TPSA) is 68.9 Å². The van der Waals surface area contributed by atoms with Gasteiger partial charge in [-0.1, -0.05) is 17.7 Å². The number of benzene rings is 2. The Morgan fingerprint density at radius 1 is 1.22 bits per heavy atom. The van der Waals surface area contributed by atoms with Crippen molar-refractivity contribution in [1.82, 2.24) is 19.7 Å². The zero-order chi connectivity index (χ0) is 19.6. The summed E-state index contributed by atoms with van der Waals surface area (Å²) in [7, 11) is 0. The molecule has 1 atom stereocenters. The molecule has 1 amide bonds. The number of hydrogen-bond acceptors (Lipinski definition) is 3. The number of amides is 1. The van der Waals surface area contributed by atoms with E-state index in [1.54, 1.807) is 13.0 Å². The summed E-state index contributed by atoms with van der Waals surface area (Å²) in [6.07, 6.45) is 1.22. The molecule has 9 heteroatoms. The molecule has 140 valence electrons. The summed E-state index contributed by atoms with van der Waals surface area (Å²) in [6.45, 7) is 1.42. The molecular weight excluding hydrogens is 378 g/mol. The average Bonchev–Trinajstić information content (AvgIpc) is 2.98. The van der Waals surface area contributed by atoms with E-state index < -0.39 is 29.3 Å². The Labute approximate surface area is 158 Å². The fraction of sp³-hybridized carbons (Fsp3) is 0.167. The number of rotatable bonds is 5. The summed E-state index contributed by atoms with van der Waals surface area (Å²) < 4.78 is 28.7. The lowest BCUT2D eigenvalue weighted by atomic mass is 10.1. The number of halogens is 3. The molecule has 6 nitrogen and oxygen atoms in total. The van der Waals surface area contributed by atoms with Crippen LogP contribution in [0.4, 0.5) is 8.78 Å². The molecule has 0 bridgehead atoms. The molecule has 0 aliphatic rings. The first-order valence-corrected chi connectivity index (χ1v) is 8.37. The number of hydrogen-bond donors (Lipinski definition) is 1. The fourth-order valence-corrected chi connectivity index (χ4v) is 2.63. The van der Waals surface area contributed by atoms with E-state index in [2.05, 4.69) is 10.4 Å². The molecule has 2 aromatic carbocycles. The van der Waals surface area contributed by atoms with E-state index in [0.717, 1.165) is 9.25 Å². The lowest BCUT2D eigenvalue weighted by Crippen LogP contribution is -2.34. The van der Waals surface area contributed by atoms with Crippen LogP contribution < -0.4 is 11.0 Å². The Hall–Kier alpha value is -3.00. The van der Waals surface area contributed by atoms with E-state index in [-0.39, 0.29) is 11.6 Å². The maximum Gasteiger partial charge on any atom is 0.350 e. The minimum absolute atomic E-state index is 0.00274. The highest BCUT2D eigenvalue weighted by molar-refractivity contribution is 6.30. The third-order valence-electron chi connectivity index (χ3n) is 3.94. The third kappa shape index (κ3) is 4.22. The predicted octanol–water partition coefficient (Wildman–Crippen LogP) is 2.84. The van der Waals surface area contributed by atoms with Gasteiger partial charge in [-0.25, -0.2) is 13.6 Å². The van der Waals surface area contributed by atoms with Crippen molar-refractivity contribution in [2.75, 3.05) is 0 Å². The van der Waals surface area contributed by atoms with Gasteiger partial charge >= 0.3 is 5.69 Å². The van der Waals surface area contributed by atoms with Crippen molar-refractivity contribution in [3.05, 3.63) is 81.5 Å². The Morgan fingerprint density at radius 3 is 2.59 bits per heavy atom. The normalized spacial score (nSPS) is 12.0. The van der Waals surface area contributed by atoms with Crippen LogP contribution in [0.15, 0.2) is 53.6 Å². The summed E-state index contributed by atoms with van der Waals surface area (Å²) in [6, 6.07) is 9.01. The molecule has 3 rings (SSSR count). The van der Waals surface area contributed by atoms with Gasteiger partial charge in [0.05, 0.1) is 16.8 Å². The molecule has 27 heavy (non-hydrogen) atoms. The van der Waals surface area contributed by atoms with E-state index in [1.165, 1.54) is 42.7 Å². The molecule has 1 aromatic heterocycles. The summed E-state index contributed by atoms with van der Waals surface area (Å²) in [5.74, 6) is -1.45. The minimum Gasteiger partial charge on any atom is -0.348 e. The van der Waals surface area contributed by atoms with Crippen LogP contribution >= 0.6 is 11.6 Å². The van der Waals surface area contributed by atoms with Gasteiger partial charge in [-0.2, -0.15) is 9.78 Å². The number of nitrogens with zero attached hydrogens (tertiary/aromatic N) is 3. The van der Waals surface area contributed by atoms with Gasteiger partial charge in [-0.3, -0.25) is 9.36 Å². The van der Waals surface area contributed by atoms with E-state index in [0.29, 0.717) is 11.3 Å². The maximum absolute atomic E-state index is 13.5. The van der Waals surface area contributed by atoms with Gasteiger partial charge in [0.25, 0.3) is 0 Å². The molecule has 0 aliphatic carbocycles. The molecule has 0 radical (unpaired) electrons. The second-order valence-corrected chi connectivity index (χ2v) is 6.30. The van der Waals surface area contributed by atoms with Crippen molar-refractivity contribution in [3.8, 4) is 5.69 Å². The summed E-state index contributed by atoms with van der Waals surface area (Å²) in [5, 5.41) is 6.61. The second kappa shape index (κ2) is 7.71. The van der Waals surface area contributed by atoms with E-state index in [9.17, 15) is 18.4 Å². The Balaban J connectivity index is 1.70. The summed E-state index contributed by atoms with van der Waals surface area (Å²) in [4.78, 5) is 24.6. The van der Waals surface area contributed by atoms with Gasteiger partial charge in [0.1, 0.15) is 24.5 Å². The van der Waals surface area contributed by atoms with Crippen molar-refractivity contribution >= 4 is 17.5 Å². The fourth-order valence-electron chi connectivity index (χ4n) is 2.51. The molecule has 3 aromatic rings. The average molecular weight is 393 g/mol. The summed E-state index contributed by atoms with van der Waals surface area (Å²) >= 11 is 5.65. The van der Waals surface area contributed by atoms with Gasteiger partial charge in [0.2, 0.25) is 5.91 Å². The van der Waals surface area contributed by atoms with Crippen molar-refractivity contribution in [3.63, 3.8) is 0 Å². The van der Waals surface area contributed by atoms with Crippen molar-refractivity contribution in [2.45, 2.75) is 19.5 Å². The minimum atomic E-state index is -0.577. The quantitative estimate of drug-likeness (QED) is 0.726. The van der Waals surface area contributed by atoms with Crippen LogP contribution in [0.2, 0.25) is 5.02 Å². The maximum atomic E-state index is 13.5. The zero-order valence-electron chi connectivity index (χ0n) is 14.2. The number of carbonyl (C=O) groups excluding carboxylic acids is 1. The molecular formula is C18H15ClF2N4O2. The SMILES string of the molecule is C[C@H](NC(=O)Cn1cnn(-c2ccc(F)cc2)c1=O)c1ccc(Cl)c(F)c1. The molecule has 1 N–H and O–H groups in total. The standard InChI is InChI=1S/C18H15ClF2N4O2/c1-11(12-2-7-15(19)16(21)8-12)23-17(26)9-24-10-22-25(18(24)27)14-5-3-13(20)4-6-14/h2-8,10-11H,9H2,1H3,(H,23,26)/t11-/m0/s1. The molecule has 0 spiro atoms. The number of nitrogens with one attached hydrogen (secondary N) is 1. The first kappa shape index (κ1) is 18.8. The Kier molecular flexibility index (Phi) is 5.36. The molecule has 0 aliphatic heterocycles. The predicted molar refractivity (Wildman–Crippen MR) is 95.7 cm³/mol. The summed E-state index contributed by atoms with van der Waals surface area (Å²) in [5.41, 5.74) is 0.382. The van der Waals surface area contributed by atoms with E-state index >= 15 is 0 Å². The number of aromatic nitrogens is 3. The third-order valence-corrected chi connectivity index (χ3v) is 4.25. The highest BCUT2D eigenvalue weighted by atomic mass is 35.5. The molecule has 0 saturated heterocycles. The molecule has 0 saturated carbocycles. The molecule has 0 unspecified atom stereocenters. The first-order valence-electron chi connectivity index (χ1n) is 8.00.